The molecule has 7 nitrogen and oxygen atoms in total. The highest BCUT2D eigenvalue weighted by atomic mass is 32.2. The van der Waals surface area contributed by atoms with Gasteiger partial charge >= 0.3 is 0 Å². The van der Waals surface area contributed by atoms with Gasteiger partial charge in [0.15, 0.2) is 0 Å². The highest BCUT2D eigenvalue weighted by molar-refractivity contribution is 7.89. The highest BCUT2D eigenvalue weighted by Gasteiger charge is 2.32. The van der Waals surface area contributed by atoms with E-state index in [-0.39, 0.29) is 11.8 Å². The number of benzene rings is 1. The number of aromatic nitrogens is 1. The standard InChI is InChI=1S/C25H38N4O3S/c1-3-28-15-9-22-18-23(7-8-24(22)28)33(31,32)29-16-10-21(11-17-29)25(30)26-12-5-14-27-13-4-6-20(2)19-27/h7-9,15,18,20-21H,3-6,10-14,16-17,19H2,1-2H3,(H,26,30). The number of rotatable bonds is 8. The normalized spacial score (nSPS) is 21.5. The number of hydrogen-bond acceptors (Lipinski definition) is 4. The molecule has 0 saturated carbocycles. The first-order valence-corrected chi connectivity index (χ1v) is 13.9. The van der Waals surface area contributed by atoms with Gasteiger partial charge in [0.25, 0.3) is 0 Å². The third kappa shape index (κ3) is 5.61. The molecule has 2 aromatic rings. The number of likely N-dealkylation sites (tertiary alicyclic amines) is 1. The van der Waals surface area contributed by atoms with E-state index in [0.717, 1.165) is 42.9 Å². The van der Waals surface area contributed by atoms with Gasteiger partial charge in [-0.25, -0.2) is 8.42 Å². The average molecular weight is 475 g/mol. The van der Waals surface area contributed by atoms with E-state index < -0.39 is 10.0 Å². The monoisotopic (exact) mass is 474 g/mol. The molecule has 0 aliphatic carbocycles. The summed E-state index contributed by atoms with van der Waals surface area (Å²) in [5.41, 5.74) is 1.04. The lowest BCUT2D eigenvalue weighted by Gasteiger charge is -2.31. The lowest BCUT2D eigenvalue weighted by molar-refractivity contribution is -0.126. The fourth-order valence-corrected chi connectivity index (χ4v) is 6.78. The Morgan fingerprint density at radius 3 is 2.64 bits per heavy atom. The first-order chi connectivity index (χ1) is 15.9. The summed E-state index contributed by atoms with van der Waals surface area (Å²) in [5, 5.41) is 4.02. The van der Waals surface area contributed by atoms with Gasteiger partial charge < -0.3 is 14.8 Å². The Hall–Kier alpha value is -1.90. The summed E-state index contributed by atoms with van der Waals surface area (Å²) in [5.74, 6) is 0.739. The number of piperidine rings is 2. The van der Waals surface area contributed by atoms with Gasteiger partial charge in [0.2, 0.25) is 15.9 Å². The minimum atomic E-state index is -3.55. The van der Waals surface area contributed by atoms with Gasteiger partial charge in [0.1, 0.15) is 0 Å². The van der Waals surface area contributed by atoms with Crippen LogP contribution in [0.25, 0.3) is 10.9 Å². The average Bonchev–Trinajstić information content (AvgIpc) is 3.24. The number of amides is 1. The van der Waals surface area contributed by atoms with Crippen molar-refractivity contribution >= 4 is 26.8 Å². The fraction of sp³-hybridized carbons (Fsp3) is 0.640. The summed E-state index contributed by atoms with van der Waals surface area (Å²) in [6.45, 7) is 10.1. The molecular weight excluding hydrogens is 436 g/mol. The maximum atomic E-state index is 13.2. The first-order valence-electron chi connectivity index (χ1n) is 12.5. The van der Waals surface area contributed by atoms with Crippen LogP contribution in [-0.2, 0) is 21.4 Å². The topological polar surface area (TPSA) is 74.6 Å². The van der Waals surface area contributed by atoms with Crippen LogP contribution >= 0.6 is 0 Å². The van der Waals surface area contributed by atoms with Gasteiger partial charge in [0, 0.05) is 55.7 Å². The summed E-state index contributed by atoms with van der Waals surface area (Å²) < 4.78 is 30.0. The lowest BCUT2D eigenvalue weighted by atomic mass is 9.97. The molecule has 1 aromatic carbocycles. The van der Waals surface area contributed by atoms with E-state index in [1.807, 2.05) is 18.3 Å². The second kappa shape index (κ2) is 10.6. The molecule has 2 fully saturated rings. The molecule has 1 atom stereocenters. The maximum absolute atomic E-state index is 13.2. The Morgan fingerprint density at radius 1 is 1.12 bits per heavy atom. The molecule has 8 heteroatoms. The number of hydrogen-bond donors (Lipinski definition) is 1. The van der Waals surface area contributed by atoms with Crippen molar-refractivity contribution in [1.29, 1.82) is 0 Å². The fourth-order valence-electron chi connectivity index (χ4n) is 5.27. The third-order valence-corrected chi connectivity index (χ3v) is 9.13. The molecule has 2 aliphatic heterocycles. The molecule has 0 bridgehead atoms. The Balaban J connectivity index is 1.25. The van der Waals surface area contributed by atoms with Crippen molar-refractivity contribution in [2.45, 2.75) is 57.4 Å². The predicted octanol–water partition coefficient (Wildman–Crippen LogP) is 3.30. The molecule has 0 radical (unpaired) electrons. The third-order valence-electron chi connectivity index (χ3n) is 7.24. The van der Waals surface area contributed by atoms with Gasteiger partial charge in [0.05, 0.1) is 4.90 Å². The number of nitrogens with one attached hydrogen (secondary N) is 1. The van der Waals surface area contributed by atoms with Crippen LogP contribution in [0.2, 0.25) is 0 Å². The SMILES string of the molecule is CCn1ccc2cc(S(=O)(=O)N3CCC(C(=O)NCCCN4CCCC(C)C4)CC3)ccc21. The number of carbonyl (C=O) groups is 1. The Morgan fingerprint density at radius 2 is 1.91 bits per heavy atom. The minimum Gasteiger partial charge on any atom is -0.356 e. The largest absolute Gasteiger partial charge is 0.356 e. The quantitative estimate of drug-likeness (QED) is 0.596. The van der Waals surface area contributed by atoms with Crippen LogP contribution < -0.4 is 5.32 Å². The molecular formula is C25H38N4O3S. The van der Waals surface area contributed by atoms with E-state index in [1.165, 1.54) is 23.7 Å². The number of aryl methyl sites for hydroxylation is 1. The predicted molar refractivity (Wildman–Crippen MR) is 132 cm³/mol. The van der Waals surface area contributed by atoms with Gasteiger partial charge in [-0.15, -0.1) is 0 Å². The summed E-state index contributed by atoms with van der Waals surface area (Å²) in [4.78, 5) is 15.4. The maximum Gasteiger partial charge on any atom is 0.243 e. The molecule has 1 N–H and O–H groups in total. The van der Waals surface area contributed by atoms with E-state index in [1.54, 1.807) is 12.1 Å². The van der Waals surface area contributed by atoms with Crippen LogP contribution in [0.1, 0.15) is 46.0 Å². The van der Waals surface area contributed by atoms with Crippen LogP contribution in [-0.4, -0.2) is 67.4 Å². The van der Waals surface area contributed by atoms with Gasteiger partial charge in [-0.1, -0.05) is 6.92 Å². The lowest BCUT2D eigenvalue weighted by Crippen LogP contribution is -2.43. The molecule has 4 rings (SSSR count). The zero-order valence-corrected chi connectivity index (χ0v) is 20.8. The molecule has 182 valence electrons. The molecule has 2 aliphatic rings. The first kappa shape index (κ1) is 24.2. The number of nitrogens with zero attached hydrogens (tertiary/aromatic N) is 3. The van der Waals surface area contributed by atoms with E-state index >= 15 is 0 Å². The van der Waals surface area contributed by atoms with Crippen molar-refractivity contribution in [2.75, 3.05) is 39.3 Å². The molecule has 1 amide bonds. The van der Waals surface area contributed by atoms with Gasteiger partial charge in [-0.05, 0) is 82.3 Å². The van der Waals surface area contributed by atoms with Crippen LogP contribution in [0.5, 0.6) is 0 Å². The minimum absolute atomic E-state index is 0.0707. The van der Waals surface area contributed by atoms with Crippen LogP contribution in [0, 0.1) is 11.8 Å². The highest BCUT2D eigenvalue weighted by Crippen LogP contribution is 2.27. The van der Waals surface area contributed by atoms with Crippen molar-refractivity contribution in [2.24, 2.45) is 11.8 Å². The van der Waals surface area contributed by atoms with Crippen LogP contribution in [0.4, 0.5) is 0 Å². The molecule has 33 heavy (non-hydrogen) atoms. The molecule has 1 aromatic heterocycles. The van der Waals surface area contributed by atoms with Gasteiger partial charge in [-0.2, -0.15) is 4.31 Å². The van der Waals surface area contributed by atoms with E-state index in [0.29, 0.717) is 37.4 Å². The molecule has 3 heterocycles. The number of fused-ring (bicyclic) bond motifs is 1. The molecule has 1 unspecified atom stereocenters. The van der Waals surface area contributed by atoms with Crippen molar-refractivity contribution in [3.05, 3.63) is 30.5 Å². The van der Waals surface area contributed by atoms with E-state index in [2.05, 4.69) is 28.6 Å². The van der Waals surface area contributed by atoms with Gasteiger partial charge in [-0.3, -0.25) is 4.79 Å². The van der Waals surface area contributed by atoms with E-state index in [9.17, 15) is 13.2 Å². The van der Waals surface area contributed by atoms with Crippen molar-refractivity contribution in [3.8, 4) is 0 Å². The molecule has 0 spiro atoms. The zero-order valence-electron chi connectivity index (χ0n) is 20.0. The Labute approximate surface area is 198 Å². The summed E-state index contributed by atoms with van der Waals surface area (Å²) >= 11 is 0. The second-order valence-corrected chi connectivity index (χ2v) is 11.6. The zero-order chi connectivity index (χ0) is 23.4. The summed E-state index contributed by atoms with van der Waals surface area (Å²) in [7, 11) is -3.55. The Bertz CT molecular complexity index is 1060. The Kier molecular flexibility index (Phi) is 7.76. The smallest absolute Gasteiger partial charge is 0.243 e. The summed E-state index contributed by atoms with van der Waals surface area (Å²) in [6, 6.07) is 7.31. The van der Waals surface area contributed by atoms with Crippen molar-refractivity contribution in [3.63, 3.8) is 0 Å². The van der Waals surface area contributed by atoms with Crippen LogP contribution in [0.3, 0.4) is 0 Å². The number of sulfonamides is 1. The van der Waals surface area contributed by atoms with Crippen molar-refractivity contribution < 1.29 is 13.2 Å². The van der Waals surface area contributed by atoms with Crippen molar-refractivity contribution in [1.82, 2.24) is 19.1 Å². The second-order valence-electron chi connectivity index (χ2n) is 9.69. The van der Waals surface area contributed by atoms with Crippen LogP contribution in [0.15, 0.2) is 35.4 Å². The van der Waals surface area contributed by atoms with E-state index in [4.69, 9.17) is 0 Å². The number of carbonyl (C=O) groups excluding carboxylic acids is 1. The summed E-state index contributed by atoms with van der Waals surface area (Å²) in [6.07, 6.45) is 6.69. The molecule has 2 saturated heterocycles.